The first-order valence-electron chi connectivity index (χ1n) is 14.6. The largest absolute Gasteiger partial charge is 1.00 e. The van der Waals surface area contributed by atoms with Gasteiger partial charge in [0.2, 0.25) is 0 Å². The van der Waals surface area contributed by atoms with Crippen LogP contribution < -0.4 is 24.8 Å². The molecule has 7 rings (SSSR count). The Balaban J connectivity index is 0.00000176. The summed E-state index contributed by atoms with van der Waals surface area (Å²) < 4.78 is 4.16. The zero-order valence-electron chi connectivity index (χ0n) is 23.6. The minimum atomic E-state index is -2.42. The van der Waals surface area contributed by atoms with Crippen molar-refractivity contribution in [1.82, 2.24) is 0 Å². The molecule has 1 unspecified atom stereocenters. The SMILES string of the molecule is C1=CC[C]([Zr+2](=[C](CCc2ccccc2)CCc2ccccc2)[CH]2c3ccccc3-c3ccc4ccccc4c32)=C1.[Cl-].[Cl-]. The van der Waals surface area contributed by atoms with E-state index < -0.39 is 21.3 Å². The van der Waals surface area contributed by atoms with Crippen LogP contribution in [-0.2, 0) is 34.1 Å². The Kier molecular flexibility index (Phi) is 10.3. The molecule has 5 aromatic rings. The third kappa shape index (κ3) is 6.12. The molecule has 208 valence electrons. The van der Waals surface area contributed by atoms with Crippen LogP contribution in [0.15, 0.2) is 143 Å². The van der Waals surface area contributed by atoms with Crippen molar-refractivity contribution in [2.24, 2.45) is 0 Å². The molecule has 2 aliphatic rings. The maximum atomic E-state index is 2.51. The summed E-state index contributed by atoms with van der Waals surface area (Å²) in [6, 6.07) is 45.4. The Morgan fingerprint density at radius 3 is 1.90 bits per heavy atom. The van der Waals surface area contributed by atoms with Gasteiger partial charge in [0, 0.05) is 0 Å². The second-order valence-electron chi connectivity index (χ2n) is 11.1. The summed E-state index contributed by atoms with van der Waals surface area (Å²) in [5.41, 5.74) is 9.03. The van der Waals surface area contributed by atoms with Crippen LogP contribution in [0.4, 0.5) is 0 Å². The van der Waals surface area contributed by atoms with Gasteiger partial charge in [-0.05, 0) is 0 Å². The predicted octanol–water partition coefficient (Wildman–Crippen LogP) is 3.82. The number of rotatable bonds is 8. The first-order valence-corrected chi connectivity index (χ1v) is 18.5. The minimum absolute atomic E-state index is 0. The summed E-state index contributed by atoms with van der Waals surface area (Å²) in [4.78, 5) is 0. The number of allylic oxidation sites excluding steroid dienone is 4. The van der Waals surface area contributed by atoms with Gasteiger partial charge in [-0.1, -0.05) is 0 Å². The molecule has 0 amide bonds. The third-order valence-electron chi connectivity index (χ3n) is 8.72. The van der Waals surface area contributed by atoms with Gasteiger partial charge in [-0.15, -0.1) is 0 Å². The van der Waals surface area contributed by atoms with Gasteiger partial charge in [0.1, 0.15) is 0 Å². The van der Waals surface area contributed by atoms with Gasteiger partial charge >= 0.3 is 247 Å². The van der Waals surface area contributed by atoms with Gasteiger partial charge in [-0.2, -0.15) is 0 Å². The van der Waals surface area contributed by atoms with Gasteiger partial charge < -0.3 is 24.8 Å². The maximum Gasteiger partial charge on any atom is -1.00 e. The fourth-order valence-electron chi connectivity index (χ4n) is 6.83. The molecule has 0 aliphatic heterocycles. The quantitative estimate of drug-likeness (QED) is 0.237. The van der Waals surface area contributed by atoms with E-state index in [9.17, 15) is 0 Å². The monoisotopic (exact) mass is 662 g/mol. The van der Waals surface area contributed by atoms with Crippen molar-refractivity contribution in [2.45, 2.75) is 35.7 Å². The van der Waals surface area contributed by atoms with Crippen molar-refractivity contribution in [3.63, 3.8) is 0 Å². The van der Waals surface area contributed by atoms with Gasteiger partial charge in [-0.3, -0.25) is 0 Å². The average Bonchev–Trinajstić information content (AvgIpc) is 3.67. The Labute approximate surface area is 270 Å². The molecular weight excluding hydrogens is 631 g/mol. The van der Waals surface area contributed by atoms with E-state index in [1.54, 1.807) is 14.4 Å². The van der Waals surface area contributed by atoms with E-state index in [1.165, 1.54) is 45.9 Å². The standard InChI is InChI=1S/C17H11.C17H18.C5H5.2ClH.Zr/c1-3-7-14-12(5-1)9-10-16-15-8-4-2-6-13(15)11-17(14)16;1-4-10-16(11-5-1)14-8-3-9-15-17-12-6-2-7-13-17;1-2-4-5-3-1;;;/h1-11H;1-2,4-7,10-13H,8-9,14-15H2;1-3H,4H2;2*1H;/q;;;;;+2/p-2. The van der Waals surface area contributed by atoms with Crippen molar-refractivity contribution in [3.8, 4) is 11.1 Å². The van der Waals surface area contributed by atoms with E-state index in [2.05, 4.69) is 140 Å². The number of aryl methyl sites for hydroxylation is 2. The summed E-state index contributed by atoms with van der Waals surface area (Å²) in [6.07, 6.45) is 13.0. The molecule has 0 N–H and O–H groups in total. The van der Waals surface area contributed by atoms with Crippen LogP contribution in [0.3, 0.4) is 0 Å². The van der Waals surface area contributed by atoms with E-state index in [-0.39, 0.29) is 24.8 Å². The van der Waals surface area contributed by atoms with Crippen LogP contribution in [0, 0.1) is 0 Å². The van der Waals surface area contributed by atoms with E-state index >= 15 is 0 Å². The molecule has 3 heteroatoms. The van der Waals surface area contributed by atoms with Crippen LogP contribution >= 0.6 is 0 Å². The molecular formula is C39H34Cl2Zr. The topological polar surface area (TPSA) is 0 Å². The molecule has 0 bridgehead atoms. The Hall–Kier alpha value is -2.83. The molecule has 5 aromatic carbocycles. The number of hydrogen-bond acceptors (Lipinski definition) is 0. The molecule has 0 radical (unpaired) electrons. The fraction of sp³-hybridized carbons (Fsp3) is 0.154. The molecule has 42 heavy (non-hydrogen) atoms. The Bertz CT molecular complexity index is 1720. The fourth-order valence-corrected chi connectivity index (χ4v) is 16.2. The number of benzene rings is 5. The Morgan fingerprint density at radius 1 is 0.619 bits per heavy atom. The summed E-state index contributed by atoms with van der Waals surface area (Å²) >= 11 is -2.42. The molecule has 0 saturated heterocycles. The van der Waals surface area contributed by atoms with Crippen LogP contribution in [0.2, 0.25) is 0 Å². The number of fused-ring (bicyclic) bond motifs is 5. The van der Waals surface area contributed by atoms with Crippen molar-refractivity contribution in [2.75, 3.05) is 0 Å². The van der Waals surface area contributed by atoms with Crippen LogP contribution in [0.25, 0.3) is 21.9 Å². The molecule has 0 saturated carbocycles. The molecule has 0 aromatic heterocycles. The molecule has 2 aliphatic carbocycles. The first-order chi connectivity index (χ1) is 19.9. The Morgan fingerprint density at radius 2 is 1.24 bits per heavy atom. The smallest absolute Gasteiger partial charge is 1.00 e. The molecule has 0 spiro atoms. The predicted molar refractivity (Wildman–Crippen MR) is 168 cm³/mol. The van der Waals surface area contributed by atoms with Gasteiger partial charge in [0.05, 0.1) is 0 Å². The summed E-state index contributed by atoms with van der Waals surface area (Å²) in [5, 5.41) is 2.83. The molecule has 1 atom stereocenters. The molecule has 0 fully saturated rings. The van der Waals surface area contributed by atoms with Crippen molar-refractivity contribution < 1.29 is 46.1 Å². The maximum absolute atomic E-state index is 2.51. The summed E-state index contributed by atoms with van der Waals surface area (Å²) in [6.45, 7) is 0. The molecule has 0 nitrogen and oxygen atoms in total. The summed E-state index contributed by atoms with van der Waals surface area (Å²) in [7, 11) is 0. The zero-order valence-corrected chi connectivity index (χ0v) is 27.6. The van der Waals surface area contributed by atoms with Crippen molar-refractivity contribution in [1.29, 1.82) is 0 Å². The van der Waals surface area contributed by atoms with Gasteiger partial charge in [0.15, 0.2) is 0 Å². The van der Waals surface area contributed by atoms with Crippen LogP contribution in [0.1, 0.15) is 45.1 Å². The average molecular weight is 665 g/mol. The minimum Gasteiger partial charge on any atom is -1.00 e. The van der Waals surface area contributed by atoms with Gasteiger partial charge in [0.25, 0.3) is 0 Å². The number of hydrogen-bond donors (Lipinski definition) is 0. The second kappa shape index (κ2) is 14.1. The second-order valence-corrected chi connectivity index (χ2v) is 17.9. The first kappa shape index (κ1) is 30.6. The van der Waals surface area contributed by atoms with E-state index in [1.807, 2.05) is 3.21 Å². The van der Waals surface area contributed by atoms with E-state index in [4.69, 9.17) is 0 Å². The van der Waals surface area contributed by atoms with E-state index in [0.29, 0.717) is 3.63 Å². The molecule has 0 heterocycles. The number of halogens is 2. The van der Waals surface area contributed by atoms with Crippen molar-refractivity contribution in [3.05, 3.63) is 165 Å². The van der Waals surface area contributed by atoms with Crippen molar-refractivity contribution >= 4 is 14.0 Å². The van der Waals surface area contributed by atoms with Gasteiger partial charge in [-0.25, -0.2) is 0 Å². The van der Waals surface area contributed by atoms with Crippen LogP contribution in [0.5, 0.6) is 0 Å². The zero-order chi connectivity index (χ0) is 26.7. The third-order valence-corrected chi connectivity index (χ3v) is 17.3. The normalized spacial score (nSPS) is 14.2. The summed E-state index contributed by atoms with van der Waals surface area (Å²) in [5.74, 6) is 0. The van der Waals surface area contributed by atoms with E-state index in [0.717, 1.165) is 19.3 Å². The van der Waals surface area contributed by atoms with Crippen LogP contribution in [-0.4, -0.2) is 3.21 Å².